The van der Waals surface area contributed by atoms with Gasteiger partial charge < -0.3 is 40.3 Å². The fourth-order valence-electron chi connectivity index (χ4n) is 10.6. The van der Waals surface area contributed by atoms with Gasteiger partial charge in [0.25, 0.3) is 5.91 Å². The number of aliphatic hydroxyl groups is 1. The highest BCUT2D eigenvalue weighted by Gasteiger charge is 2.64. The van der Waals surface area contributed by atoms with E-state index in [9.17, 15) is 29.5 Å². The summed E-state index contributed by atoms with van der Waals surface area (Å²) < 4.78 is 12.4. The second-order valence-corrected chi connectivity index (χ2v) is 22.8. The SMILES string of the molecule is Cc1ncsc1-c1ccc(C(C)NC(=O)[C@@H]2C[C@@H](O)CN2C(=O)[C@@H](NC(=O)[C@H](C)OCCN2CCN(c3ccc(C(=O)N[C@H]4C(C)(C)[C@H](Oc5ccc(C#N)c(Cl)c5)C4(C)C)cc3)CC2)C(C)(C)C)cc1. The van der Waals surface area contributed by atoms with Gasteiger partial charge in [0.15, 0.2) is 0 Å². The maximum absolute atomic E-state index is 14.2. The van der Waals surface area contributed by atoms with Crippen LogP contribution in [0.1, 0.15) is 102 Å². The number of nitrogens with one attached hydrogen (secondary N) is 3. The van der Waals surface area contributed by atoms with Crippen molar-refractivity contribution < 1.29 is 33.8 Å². The first-order chi connectivity index (χ1) is 33.5. The summed E-state index contributed by atoms with van der Waals surface area (Å²) in [6.07, 6.45) is -1.84. The third-order valence-corrected chi connectivity index (χ3v) is 15.8. The topological polar surface area (TPSA) is 189 Å². The average molecular weight is 1010 g/mol. The zero-order valence-corrected chi connectivity index (χ0v) is 44.1. The summed E-state index contributed by atoms with van der Waals surface area (Å²) >= 11 is 7.84. The van der Waals surface area contributed by atoms with Crippen LogP contribution >= 0.6 is 22.9 Å². The molecular weight excluding hydrogens is 940 g/mol. The van der Waals surface area contributed by atoms with E-state index in [2.05, 4.69) is 64.5 Å². The number of aromatic nitrogens is 1. The van der Waals surface area contributed by atoms with E-state index in [4.69, 9.17) is 21.1 Å². The monoisotopic (exact) mass is 1010 g/mol. The van der Waals surface area contributed by atoms with Gasteiger partial charge in [-0.25, -0.2) is 4.98 Å². The van der Waals surface area contributed by atoms with Gasteiger partial charge in [-0.1, -0.05) is 84.3 Å². The molecule has 0 bridgehead atoms. The largest absolute Gasteiger partial charge is 0.489 e. The van der Waals surface area contributed by atoms with Crippen LogP contribution in [0.3, 0.4) is 0 Å². The molecule has 1 aliphatic carbocycles. The summed E-state index contributed by atoms with van der Waals surface area (Å²) in [5.41, 5.74) is 5.24. The lowest BCUT2D eigenvalue weighted by atomic mass is 9.49. The van der Waals surface area contributed by atoms with Crippen LogP contribution in [0.4, 0.5) is 5.69 Å². The number of benzene rings is 3. The molecule has 380 valence electrons. The van der Waals surface area contributed by atoms with Gasteiger partial charge in [-0.05, 0) is 73.7 Å². The maximum Gasteiger partial charge on any atom is 0.251 e. The van der Waals surface area contributed by atoms with Gasteiger partial charge >= 0.3 is 0 Å². The van der Waals surface area contributed by atoms with Gasteiger partial charge in [0.1, 0.15) is 36.1 Å². The van der Waals surface area contributed by atoms with Gasteiger partial charge in [0, 0.05) is 79.9 Å². The van der Waals surface area contributed by atoms with Crippen molar-refractivity contribution in [1.82, 2.24) is 30.7 Å². The molecule has 2 saturated heterocycles. The molecule has 3 aliphatic rings. The molecule has 3 aromatic carbocycles. The molecule has 15 nitrogen and oxygen atoms in total. The van der Waals surface area contributed by atoms with Crippen molar-refractivity contribution in [2.45, 2.75) is 118 Å². The van der Waals surface area contributed by atoms with E-state index >= 15 is 0 Å². The lowest BCUT2D eigenvalue weighted by Gasteiger charge is -2.63. The molecule has 0 spiro atoms. The third kappa shape index (κ3) is 11.9. The predicted octanol–water partition coefficient (Wildman–Crippen LogP) is 7.15. The number of ether oxygens (including phenoxy) is 2. The number of nitriles is 1. The van der Waals surface area contributed by atoms with Crippen molar-refractivity contribution in [2.75, 3.05) is 50.8 Å². The molecule has 1 unspecified atom stereocenters. The van der Waals surface area contributed by atoms with Crippen LogP contribution in [0, 0.1) is 34.5 Å². The van der Waals surface area contributed by atoms with Crippen LogP contribution in [-0.4, -0.2) is 126 Å². The second-order valence-electron chi connectivity index (χ2n) is 21.5. The fourth-order valence-corrected chi connectivity index (χ4v) is 11.6. The number of hydrogen-bond donors (Lipinski definition) is 4. The number of nitrogens with zero attached hydrogens (tertiary/aromatic N) is 5. The first-order valence-electron chi connectivity index (χ1n) is 24.5. The minimum Gasteiger partial charge on any atom is -0.489 e. The number of carbonyl (C=O) groups excluding carboxylic acids is 4. The summed E-state index contributed by atoms with van der Waals surface area (Å²) in [5, 5.41) is 29.5. The minimum absolute atomic E-state index is 0.0195. The molecule has 3 fully saturated rings. The Bertz CT molecular complexity index is 2580. The number of aryl methyl sites for hydroxylation is 1. The number of carbonyl (C=O) groups is 4. The highest BCUT2D eigenvalue weighted by atomic mass is 35.5. The molecule has 17 heteroatoms. The van der Waals surface area contributed by atoms with E-state index in [1.807, 2.05) is 88.7 Å². The van der Waals surface area contributed by atoms with E-state index in [-0.39, 0.29) is 53.8 Å². The van der Waals surface area contributed by atoms with Crippen LogP contribution in [-0.2, 0) is 19.1 Å². The van der Waals surface area contributed by atoms with Crippen LogP contribution in [0.2, 0.25) is 5.02 Å². The lowest BCUT2D eigenvalue weighted by molar-refractivity contribution is -0.164. The molecule has 71 heavy (non-hydrogen) atoms. The number of β-amino-alcohol motifs (C(OH)–C–C–N with tert-alkyl or cyclic N) is 1. The number of anilines is 1. The summed E-state index contributed by atoms with van der Waals surface area (Å²) in [5.74, 6) is -0.804. The van der Waals surface area contributed by atoms with Crippen molar-refractivity contribution >= 4 is 52.3 Å². The van der Waals surface area contributed by atoms with Gasteiger partial charge in [-0.3, -0.25) is 24.1 Å². The molecular formula is C54H69ClN8O7S. The van der Waals surface area contributed by atoms with E-state index < -0.39 is 41.5 Å². The van der Waals surface area contributed by atoms with E-state index in [0.717, 1.165) is 53.6 Å². The van der Waals surface area contributed by atoms with Crippen LogP contribution in [0.5, 0.6) is 5.75 Å². The Morgan fingerprint density at radius 3 is 2.21 bits per heavy atom. The maximum atomic E-state index is 14.2. The Morgan fingerprint density at radius 1 is 0.958 bits per heavy atom. The summed E-state index contributed by atoms with van der Waals surface area (Å²) in [4.78, 5) is 66.5. The van der Waals surface area contributed by atoms with E-state index in [0.29, 0.717) is 35.1 Å². The lowest BCUT2D eigenvalue weighted by Crippen LogP contribution is -2.74. The Morgan fingerprint density at radius 2 is 1.62 bits per heavy atom. The predicted molar refractivity (Wildman–Crippen MR) is 276 cm³/mol. The van der Waals surface area contributed by atoms with Gasteiger partial charge in [0.2, 0.25) is 17.7 Å². The second kappa shape index (κ2) is 21.6. The van der Waals surface area contributed by atoms with Gasteiger partial charge in [-0.15, -0.1) is 11.3 Å². The summed E-state index contributed by atoms with van der Waals surface area (Å²) in [7, 11) is 0. The molecule has 1 saturated carbocycles. The molecule has 0 radical (unpaired) electrons. The first kappa shape index (κ1) is 53.2. The molecule has 3 heterocycles. The van der Waals surface area contributed by atoms with Crippen molar-refractivity contribution in [1.29, 1.82) is 5.26 Å². The highest BCUT2D eigenvalue weighted by Crippen LogP contribution is 2.55. The van der Waals surface area contributed by atoms with Gasteiger partial charge in [0.05, 0.1) is 45.4 Å². The number of amides is 4. The molecule has 7 rings (SSSR count). The zero-order chi connectivity index (χ0) is 51.6. The molecule has 4 N–H and O–H groups in total. The fraction of sp³-hybridized carbons (Fsp3) is 0.519. The van der Waals surface area contributed by atoms with E-state index in [1.165, 1.54) is 4.90 Å². The van der Waals surface area contributed by atoms with E-state index in [1.54, 1.807) is 36.5 Å². The molecule has 2 aliphatic heterocycles. The standard InChI is InChI=1S/C54H69ClN8O7S/c1-32(35-11-13-36(14-12-35)44-33(2)57-31-71-44)58-48(67)43-27-40(64)30-63(43)49(68)45(52(4,5)6)59-46(65)34(3)69-26-25-61-21-23-62(24-22-61)39-18-15-37(16-19-39)47(66)60-50-53(7,8)51(54(50,9)10)70-41-20-17-38(29-56)42(55)28-41/h11-20,28,31-32,34,40,43,45,50-51,64H,21-27,30H2,1-10H3,(H,58,67)(H,59,65)(H,60,66)/t32?,34-,40+,43-,45+,50-,51-/m0/s1. The molecule has 5 atom stereocenters. The summed E-state index contributed by atoms with van der Waals surface area (Å²) in [6, 6.07) is 20.4. The first-order valence-corrected chi connectivity index (χ1v) is 25.7. The number of likely N-dealkylation sites (tertiary alicyclic amines) is 1. The highest BCUT2D eigenvalue weighted by molar-refractivity contribution is 7.13. The normalized spacial score (nSPS) is 22.1. The smallest absolute Gasteiger partial charge is 0.251 e. The zero-order valence-electron chi connectivity index (χ0n) is 42.5. The number of hydrogen-bond acceptors (Lipinski definition) is 12. The number of thiazole rings is 1. The van der Waals surface area contributed by atoms with Crippen molar-refractivity contribution in [3.8, 4) is 22.3 Å². The molecule has 4 amide bonds. The Balaban J connectivity index is 0.846. The average Bonchev–Trinajstić information content (AvgIpc) is 3.96. The van der Waals surface area contributed by atoms with Crippen molar-refractivity contribution in [3.63, 3.8) is 0 Å². The third-order valence-electron chi connectivity index (χ3n) is 14.5. The van der Waals surface area contributed by atoms with Crippen LogP contribution < -0.4 is 25.6 Å². The quantitative estimate of drug-likeness (QED) is 0.0892. The number of rotatable bonds is 16. The molecule has 1 aromatic heterocycles. The van der Waals surface area contributed by atoms with Crippen molar-refractivity contribution in [3.05, 3.63) is 99.6 Å². The summed E-state index contributed by atoms with van der Waals surface area (Å²) in [6.45, 7) is 23.4. The number of aliphatic hydroxyl groups excluding tert-OH is 1. The Kier molecular flexibility index (Phi) is 16.2. The van der Waals surface area contributed by atoms with Crippen LogP contribution in [0.25, 0.3) is 10.4 Å². The van der Waals surface area contributed by atoms with Crippen LogP contribution in [0.15, 0.2) is 72.2 Å². The number of piperazine rings is 1. The minimum atomic E-state index is -0.976. The van der Waals surface area contributed by atoms with Gasteiger partial charge in [-0.2, -0.15) is 5.26 Å². The number of halogens is 1. The van der Waals surface area contributed by atoms with Crippen molar-refractivity contribution in [2.24, 2.45) is 16.2 Å². The molecule has 4 aromatic rings. The Hall–Kier alpha value is -5.57. The Labute approximate surface area is 427 Å².